The first-order chi connectivity index (χ1) is 10.4. The van der Waals surface area contributed by atoms with Crippen LogP contribution in [0.5, 0.6) is 5.75 Å². The number of rotatable bonds is 3. The van der Waals surface area contributed by atoms with Crippen molar-refractivity contribution < 1.29 is 14.3 Å². The van der Waals surface area contributed by atoms with Gasteiger partial charge in [0, 0.05) is 25.6 Å². The Bertz CT molecular complexity index is 584. The summed E-state index contributed by atoms with van der Waals surface area (Å²) in [5, 5.41) is 2.80. The molecule has 1 N–H and O–H groups in total. The van der Waals surface area contributed by atoms with Crippen LogP contribution in [0.4, 0.5) is 0 Å². The number of hydrogen-bond donors (Lipinski definition) is 1. The van der Waals surface area contributed by atoms with Crippen LogP contribution in [-0.2, 0) is 9.59 Å². The van der Waals surface area contributed by atoms with Gasteiger partial charge in [0.1, 0.15) is 5.75 Å². The van der Waals surface area contributed by atoms with E-state index >= 15 is 0 Å². The van der Waals surface area contributed by atoms with Gasteiger partial charge in [0.25, 0.3) is 5.91 Å². The second-order valence-corrected chi connectivity index (χ2v) is 5.93. The van der Waals surface area contributed by atoms with Gasteiger partial charge in [0.15, 0.2) is 6.61 Å². The highest BCUT2D eigenvalue weighted by Crippen LogP contribution is 2.25. The Labute approximate surface area is 131 Å². The third-order valence-electron chi connectivity index (χ3n) is 4.24. The lowest BCUT2D eigenvalue weighted by molar-refractivity contribution is -0.135. The van der Waals surface area contributed by atoms with E-state index in [1.807, 2.05) is 39.8 Å². The number of benzene rings is 1. The molecule has 0 aromatic heterocycles. The first-order valence-corrected chi connectivity index (χ1v) is 7.66. The fraction of sp³-hybridized carbons (Fsp3) is 0.529. The number of nitrogens with one attached hydrogen (secondary N) is 1. The molecule has 22 heavy (non-hydrogen) atoms. The lowest BCUT2D eigenvalue weighted by Crippen LogP contribution is -2.44. The summed E-state index contributed by atoms with van der Waals surface area (Å²) in [5.41, 5.74) is 3.23. The summed E-state index contributed by atoms with van der Waals surface area (Å²) in [6, 6.07) is 4.04. The van der Waals surface area contributed by atoms with Gasteiger partial charge in [0.05, 0.1) is 0 Å². The maximum absolute atomic E-state index is 12.4. The summed E-state index contributed by atoms with van der Waals surface area (Å²) >= 11 is 0. The number of nitrogens with zero attached hydrogens (tertiary/aromatic N) is 1. The molecular weight excluding hydrogens is 280 g/mol. The molecule has 0 saturated carbocycles. The standard InChI is InChI=1S/C17H24N2O3/c1-11-5-6-12(2)17(14(11)4)22-10-16(21)19-8-7-15(20)18-9-13(19)3/h5-6,13H,7-10H2,1-4H3,(H,18,20)/t13-/m0/s1. The molecule has 5 nitrogen and oxygen atoms in total. The monoisotopic (exact) mass is 304 g/mol. The minimum atomic E-state index is -0.0793. The van der Waals surface area contributed by atoms with Crippen LogP contribution in [0.3, 0.4) is 0 Å². The Morgan fingerprint density at radius 1 is 1.32 bits per heavy atom. The number of carbonyl (C=O) groups excluding carboxylic acids is 2. The predicted octanol–water partition coefficient (Wildman–Crippen LogP) is 1.73. The quantitative estimate of drug-likeness (QED) is 0.925. The predicted molar refractivity (Wildman–Crippen MR) is 84.9 cm³/mol. The van der Waals surface area contributed by atoms with Gasteiger partial charge >= 0.3 is 0 Å². The van der Waals surface area contributed by atoms with Crippen LogP contribution in [0.1, 0.15) is 30.0 Å². The topological polar surface area (TPSA) is 58.6 Å². The fourth-order valence-electron chi connectivity index (χ4n) is 2.64. The molecule has 0 spiro atoms. The zero-order valence-electron chi connectivity index (χ0n) is 13.7. The van der Waals surface area contributed by atoms with E-state index in [0.29, 0.717) is 19.5 Å². The van der Waals surface area contributed by atoms with Crippen LogP contribution in [0.2, 0.25) is 0 Å². The van der Waals surface area contributed by atoms with E-state index in [9.17, 15) is 9.59 Å². The maximum atomic E-state index is 12.4. The molecule has 0 unspecified atom stereocenters. The molecule has 5 heteroatoms. The molecule has 0 aliphatic carbocycles. The van der Waals surface area contributed by atoms with Crippen LogP contribution in [0.25, 0.3) is 0 Å². The first kappa shape index (κ1) is 16.3. The lowest BCUT2D eigenvalue weighted by atomic mass is 10.1. The fourth-order valence-corrected chi connectivity index (χ4v) is 2.64. The molecule has 1 aliphatic heterocycles. The average molecular weight is 304 g/mol. The van der Waals surface area contributed by atoms with E-state index in [1.165, 1.54) is 0 Å². The smallest absolute Gasteiger partial charge is 0.260 e. The van der Waals surface area contributed by atoms with E-state index in [2.05, 4.69) is 5.32 Å². The summed E-state index contributed by atoms with van der Waals surface area (Å²) in [5.74, 6) is 0.697. The Morgan fingerprint density at radius 3 is 2.73 bits per heavy atom. The zero-order valence-corrected chi connectivity index (χ0v) is 13.7. The molecule has 1 heterocycles. The number of amides is 2. The minimum Gasteiger partial charge on any atom is -0.483 e. The van der Waals surface area contributed by atoms with E-state index in [-0.39, 0.29) is 24.5 Å². The van der Waals surface area contributed by atoms with Crippen molar-refractivity contribution in [2.24, 2.45) is 0 Å². The van der Waals surface area contributed by atoms with Crippen molar-refractivity contribution in [3.63, 3.8) is 0 Å². The highest BCUT2D eigenvalue weighted by atomic mass is 16.5. The Kier molecular flexibility index (Phi) is 5.06. The normalized spacial score (nSPS) is 18.6. The van der Waals surface area contributed by atoms with Crippen molar-refractivity contribution in [1.82, 2.24) is 10.2 Å². The summed E-state index contributed by atoms with van der Waals surface area (Å²) in [6.07, 6.45) is 0.346. The number of ether oxygens (including phenoxy) is 1. The van der Waals surface area contributed by atoms with Crippen LogP contribution in [0.15, 0.2) is 12.1 Å². The molecule has 1 atom stereocenters. The van der Waals surface area contributed by atoms with Crippen molar-refractivity contribution in [3.8, 4) is 5.75 Å². The molecule has 1 saturated heterocycles. The van der Waals surface area contributed by atoms with Crippen LogP contribution in [-0.4, -0.2) is 42.5 Å². The number of hydrogen-bond acceptors (Lipinski definition) is 3. The van der Waals surface area contributed by atoms with Crippen molar-refractivity contribution in [2.75, 3.05) is 19.7 Å². The van der Waals surface area contributed by atoms with Crippen molar-refractivity contribution in [3.05, 3.63) is 28.8 Å². The number of carbonyl (C=O) groups is 2. The van der Waals surface area contributed by atoms with Gasteiger partial charge in [0.2, 0.25) is 5.91 Å². The summed E-state index contributed by atoms with van der Waals surface area (Å²) in [7, 11) is 0. The molecule has 2 rings (SSSR count). The van der Waals surface area contributed by atoms with Crippen LogP contribution in [0, 0.1) is 20.8 Å². The molecule has 1 aromatic carbocycles. The second-order valence-electron chi connectivity index (χ2n) is 5.93. The van der Waals surface area contributed by atoms with Gasteiger partial charge in [-0.3, -0.25) is 9.59 Å². The second kappa shape index (κ2) is 6.81. The molecular formula is C17H24N2O3. The Balaban J connectivity index is 2.03. The van der Waals surface area contributed by atoms with Gasteiger partial charge < -0.3 is 15.0 Å². The zero-order chi connectivity index (χ0) is 16.3. The largest absolute Gasteiger partial charge is 0.483 e. The van der Waals surface area contributed by atoms with E-state index in [1.54, 1.807) is 4.90 Å². The average Bonchev–Trinajstić information content (AvgIpc) is 2.65. The highest BCUT2D eigenvalue weighted by Gasteiger charge is 2.25. The third kappa shape index (κ3) is 3.59. The van der Waals surface area contributed by atoms with E-state index < -0.39 is 0 Å². The molecule has 1 aromatic rings. The molecule has 0 bridgehead atoms. The maximum Gasteiger partial charge on any atom is 0.260 e. The Morgan fingerprint density at radius 2 is 2.00 bits per heavy atom. The van der Waals surface area contributed by atoms with Gasteiger partial charge in [-0.25, -0.2) is 0 Å². The van der Waals surface area contributed by atoms with Crippen LogP contribution < -0.4 is 10.1 Å². The van der Waals surface area contributed by atoms with Crippen LogP contribution >= 0.6 is 0 Å². The summed E-state index contributed by atoms with van der Waals surface area (Å²) < 4.78 is 5.78. The molecule has 1 fully saturated rings. The SMILES string of the molecule is Cc1ccc(C)c(OCC(=O)N2CCC(=O)NC[C@@H]2C)c1C. The van der Waals surface area contributed by atoms with Gasteiger partial charge in [-0.05, 0) is 44.4 Å². The lowest BCUT2D eigenvalue weighted by Gasteiger charge is -2.26. The van der Waals surface area contributed by atoms with E-state index in [4.69, 9.17) is 4.74 Å². The highest BCUT2D eigenvalue weighted by molar-refractivity contribution is 5.81. The van der Waals surface area contributed by atoms with Crippen molar-refractivity contribution in [2.45, 2.75) is 40.2 Å². The molecule has 120 valence electrons. The van der Waals surface area contributed by atoms with Gasteiger partial charge in [-0.15, -0.1) is 0 Å². The first-order valence-electron chi connectivity index (χ1n) is 7.66. The Hall–Kier alpha value is -2.04. The molecule has 2 amide bonds. The van der Waals surface area contributed by atoms with E-state index in [0.717, 1.165) is 22.4 Å². The number of aryl methyl sites for hydroxylation is 2. The summed E-state index contributed by atoms with van der Waals surface area (Å²) in [6.45, 7) is 8.88. The molecule has 1 aliphatic rings. The van der Waals surface area contributed by atoms with Gasteiger partial charge in [-0.1, -0.05) is 12.1 Å². The minimum absolute atomic E-state index is 0.00363. The summed E-state index contributed by atoms with van der Waals surface area (Å²) in [4.78, 5) is 25.6. The molecule has 0 radical (unpaired) electrons. The van der Waals surface area contributed by atoms with Gasteiger partial charge in [-0.2, -0.15) is 0 Å². The van der Waals surface area contributed by atoms with Crippen molar-refractivity contribution in [1.29, 1.82) is 0 Å². The van der Waals surface area contributed by atoms with Crippen molar-refractivity contribution >= 4 is 11.8 Å². The third-order valence-corrected chi connectivity index (χ3v) is 4.24.